The van der Waals surface area contributed by atoms with Gasteiger partial charge in [0.1, 0.15) is 0 Å². The molecule has 0 atom stereocenters. The van der Waals surface area contributed by atoms with Crippen molar-refractivity contribution in [3.8, 4) is 0 Å². The normalized spacial score (nSPS) is 23.0. The van der Waals surface area contributed by atoms with Crippen molar-refractivity contribution in [2.24, 2.45) is 17.3 Å². The zero-order chi connectivity index (χ0) is 15.7. The van der Waals surface area contributed by atoms with E-state index in [1.54, 1.807) is 0 Å². The Kier molecular flexibility index (Phi) is 8.27. The van der Waals surface area contributed by atoms with E-state index in [9.17, 15) is 4.79 Å². The lowest BCUT2D eigenvalue weighted by Gasteiger charge is -2.32. The van der Waals surface area contributed by atoms with Crippen molar-refractivity contribution < 1.29 is 14.6 Å². The van der Waals surface area contributed by atoms with Crippen LogP contribution in [0, 0.1) is 17.3 Å². The summed E-state index contributed by atoms with van der Waals surface area (Å²) in [7, 11) is 0. The molecule has 0 radical (unpaired) electrons. The predicted molar refractivity (Wildman–Crippen MR) is 85.1 cm³/mol. The summed E-state index contributed by atoms with van der Waals surface area (Å²) in [5.74, 6) is 1.54. The van der Waals surface area contributed by atoms with Crippen LogP contribution >= 0.6 is 0 Å². The molecule has 2 N–H and O–H groups in total. The lowest BCUT2D eigenvalue weighted by Crippen LogP contribution is -2.30. The molecule has 0 unspecified atom stereocenters. The first kappa shape index (κ1) is 18.4. The van der Waals surface area contributed by atoms with Gasteiger partial charge in [-0.3, -0.25) is 4.79 Å². The Morgan fingerprint density at radius 3 is 2.33 bits per heavy atom. The zero-order valence-electron chi connectivity index (χ0n) is 14.0. The minimum Gasteiger partial charge on any atom is -0.394 e. The van der Waals surface area contributed by atoms with Crippen molar-refractivity contribution >= 4 is 5.91 Å². The van der Waals surface area contributed by atoms with E-state index >= 15 is 0 Å². The molecule has 1 amide bonds. The fourth-order valence-electron chi connectivity index (χ4n) is 3.27. The third-order valence-electron chi connectivity index (χ3n) is 4.15. The maximum absolute atomic E-state index is 11.8. The summed E-state index contributed by atoms with van der Waals surface area (Å²) in [5.41, 5.74) is 0.420. The topological polar surface area (TPSA) is 58.6 Å². The van der Waals surface area contributed by atoms with Crippen LogP contribution in [0.15, 0.2) is 0 Å². The fraction of sp³-hybridized carbons (Fsp3) is 0.941. The van der Waals surface area contributed by atoms with Crippen LogP contribution in [-0.2, 0) is 9.53 Å². The molecule has 0 saturated heterocycles. The molecule has 124 valence electrons. The molecule has 0 aliphatic heterocycles. The van der Waals surface area contributed by atoms with Gasteiger partial charge in [0.2, 0.25) is 5.91 Å². The lowest BCUT2D eigenvalue weighted by atomic mass is 9.74. The van der Waals surface area contributed by atoms with Crippen LogP contribution in [-0.4, -0.2) is 37.4 Å². The minimum absolute atomic E-state index is 0.0335. The van der Waals surface area contributed by atoms with E-state index < -0.39 is 0 Å². The van der Waals surface area contributed by atoms with Crippen molar-refractivity contribution in [2.75, 3.05) is 26.4 Å². The Morgan fingerprint density at radius 1 is 1.14 bits per heavy atom. The number of aliphatic hydroxyl groups is 1. The van der Waals surface area contributed by atoms with Crippen LogP contribution in [0.2, 0.25) is 0 Å². The van der Waals surface area contributed by atoms with E-state index in [1.807, 2.05) is 0 Å². The van der Waals surface area contributed by atoms with Crippen LogP contribution in [0.25, 0.3) is 0 Å². The van der Waals surface area contributed by atoms with Gasteiger partial charge in [0.05, 0.1) is 19.8 Å². The quantitative estimate of drug-likeness (QED) is 0.678. The largest absolute Gasteiger partial charge is 0.394 e. The number of aliphatic hydroxyl groups excluding tert-OH is 1. The molecule has 4 heteroatoms. The highest BCUT2D eigenvalue weighted by atomic mass is 16.5. The average molecular weight is 299 g/mol. The van der Waals surface area contributed by atoms with Crippen molar-refractivity contribution in [1.29, 1.82) is 0 Å². The summed E-state index contributed by atoms with van der Waals surface area (Å²) in [5, 5.41) is 11.5. The second-order valence-corrected chi connectivity index (χ2v) is 7.54. The van der Waals surface area contributed by atoms with Crippen molar-refractivity contribution in [2.45, 2.75) is 59.3 Å². The third-order valence-corrected chi connectivity index (χ3v) is 4.15. The standard InChI is InChI=1S/C17H33NO3/c1-17(2,3)13-15-6-4-14(5-7-15)12-16(20)18-8-10-21-11-9-19/h14-15,19H,4-13H2,1-3H3,(H,18,20). The molecule has 1 fully saturated rings. The van der Waals surface area contributed by atoms with Gasteiger partial charge in [0, 0.05) is 13.0 Å². The molecule has 21 heavy (non-hydrogen) atoms. The summed E-state index contributed by atoms with van der Waals surface area (Å²) >= 11 is 0. The number of ether oxygens (including phenoxy) is 1. The lowest BCUT2D eigenvalue weighted by molar-refractivity contribution is -0.122. The second-order valence-electron chi connectivity index (χ2n) is 7.54. The summed E-state index contributed by atoms with van der Waals surface area (Å²) in [6, 6.07) is 0. The summed E-state index contributed by atoms with van der Waals surface area (Å²) in [6.07, 6.45) is 6.88. The molecule has 1 aliphatic rings. The summed E-state index contributed by atoms with van der Waals surface area (Å²) < 4.78 is 5.12. The summed E-state index contributed by atoms with van der Waals surface area (Å²) in [6.45, 7) is 8.32. The first-order valence-electron chi connectivity index (χ1n) is 8.36. The van der Waals surface area contributed by atoms with Crippen LogP contribution < -0.4 is 5.32 Å². The van der Waals surface area contributed by atoms with Gasteiger partial charge in [-0.15, -0.1) is 0 Å². The Bertz CT molecular complexity index is 291. The SMILES string of the molecule is CC(C)(C)CC1CCC(CC(=O)NCCOCCO)CC1. The smallest absolute Gasteiger partial charge is 0.220 e. The highest BCUT2D eigenvalue weighted by molar-refractivity contribution is 5.76. The van der Waals surface area contributed by atoms with Gasteiger partial charge in [-0.05, 0) is 36.5 Å². The van der Waals surface area contributed by atoms with Crippen LogP contribution in [0.3, 0.4) is 0 Å². The first-order valence-corrected chi connectivity index (χ1v) is 8.36. The molecule has 0 heterocycles. The number of carbonyl (C=O) groups is 1. The van der Waals surface area contributed by atoms with Crippen molar-refractivity contribution in [3.63, 3.8) is 0 Å². The van der Waals surface area contributed by atoms with Crippen LogP contribution in [0.1, 0.15) is 59.3 Å². The van der Waals surface area contributed by atoms with Gasteiger partial charge < -0.3 is 15.2 Å². The van der Waals surface area contributed by atoms with E-state index in [-0.39, 0.29) is 12.5 Å². The highest BCUT2D eigenvalue weighted by Gasteiger charge is 2.26. The van der Waals surface area contributed by atoms with Gasteiger partial charge >= 0.3 is 0 Å². The first-order chi connectivity index (χ1) is 9.90. The highest BCUT2D eigenvalue weighted by Crippen LogP contribution is 2.37. The predicted octanol–water partition coefficient (Wildman–Crippen LogP) is 2.74. The molecule has 1 rings (SSSR count). The van der Waals surface area contributed by atoms with E-state index in [2.05, 4.69) is 26.1 Å². The molecular weight excluding hydrogens is 266 g/mol. The molecule has 1 saturated carbocycles. The Labute approximate surface area is 129 Å². The van der Waals surface area contributed by atoms with Crippen LogP contribution in [0.4, 0.5) is 0 Å². The molecular formula is C17H33NO3. The number of rotatable bonds is 8. The number of amides is 1. The van der Waals surface area contributed by atoms with Gasteiger partial charge in [-0.2, -0.15) is 0 Å². The molecule has 0 aromatic rings. The maximum atomic E-state index is 11.8. The second kappa shape index (κ2) is 9.42. The van der Waals surface area contributed by atoms with Crippen molar-refractivity contribution in [3.05, 3.63) is 0 Å². The average Bonchev–Trinajstić information content (AvgIpc) is 2.39. The van der Waals surface area contributed by atoms with Crippen molar-refractivity contribution in [1.82, 2.24) is 5.32 Å². The number of carbonyl (C=O) groups excluding carboxylic acids is 1. The fourth-order valence-corrected chi connectivity index (χ4v) is 3.27. The van der Waals surface area contributed by atoms with E-state index in [0.29, 0.717) is 37.5 Å². The Morgan fingerprint density at radius 2 is 1.76 bits per heavy atom. The third kappa shape index (κ3) is 9.10. The molecule has 1 aliphatic carbocycles. The van der Waals surface area contributed by atoms with Gasteiger partial charge in [0.25, 0.3) is 0 Å². The molecule has 0 spiro atoms. The molecule has 0 aromatic heterocycles. The molecule has 0 bridgehead atoms. The molecule has 4 nitrogen and oxygen atoms in total. The number of hydrogen-bond donors (Lipinski definition) is 2. The zero-order valence-corrected chi connectivity index (χ0v) is 14.0. The molecule has 0 aromatic carbocycles. The van der Waals surface area contributed by atoms with E-state index in [4.69, 9.17) is 9.84 Å². The van der Waals surface area contributed by atoms with E-state index in [1.165, 1.54) is 32.1 Å². The van der Waals surface area contributed by atoms with E-state index in [0.717, 1.165) is 5.92 Å². The summed E-state index contributed by atoms with van der Waals surface area (Å²) in [4.78, 5) is 11.8. The number of hydrogen-bond acceptors (Lipinski definition) is 3. The van der Waals surface area contributed by atoms with Gasteiger partial charge in [-0.25, -0.2) is 0 Å². The van der Waals surface area contributed by atoms with Gasteiger partial charge in [-0.1, -0.05) is 33.6 Å². The van der Waals surface area contributed by atoms with Gasteiger partial charge in [0.15, 0.2) is 0 Å². The Balaban J connectivity index is 2.10. The van der Waals surface area contributed by atoms with Crippen LogP contribution in [0.5, 0.6) is 0 Å². The monoisotopic (exact) mass is 299 g/mol. The Hall–Kier alpha value is -0.610. The maximum Gasteiger partial charge on any atom is 0.220 e. The minimum atomic E-state index is 0.0335. The number of nitrogens with one attached hydrogen (secondary N) is 1.